The quantitative estimate of drug-likeness (QED) is 0.777. The number of carbonyl (C=O) groups excluding carboxylic acids is 1. The number of hydrogen-bond donors (Lipinski definition) is 1. The monoisotopic (exact) mass is 424 g/mol. The molecule has 3 rings (SSSR count). The molecule has 1 aliphatic rings. The topological polar surface area (TPSA) is 66.5 Å². The van der Waals surface area contributed by atoms with Crippen LogP contribution in [0.25, 0.3) is 0 Å². The lowest BCUT2D eigenvalue weighted by Gasteiger charge is -2.37. The van der Waals surface area contributed by atoms with Crippen LogP contribution in [0.5, 0.6) is 0 Å². The Morgan fingerprint density at radius 2 is 1.93 bits per heavy atom. The Morgan fingerprint density at radius 3 is 2.57 bits per heavy atom. The molecule has 1 aromatic carbocycles. The summed E-state index contributed by atoms with van der Waals surface area (Å²) in [7, 11) is -3.78. The molecule has 8 heteroatoms. The number of nitrogens with zero attached hydrogens (tertiary/aromatic N) is 1. The molecule has 0 aliphatic carbocycles. The van der Waals surface area contributed by atoms with Crippen LogP contribution in [0.4, 0.5) is 4.39 Å². The first-order valence-electron chi connectivity index (χ1n) is 9.39. The second kappa shape index (κ2) is 8.31. The summed E-state index contributed by atoms with van der Waals surface area (Å²) in [5.41, 5.74) is 0.618. The minimum absolute atomic E-state index is 0.0436. The Bertz CT molecular complexity index is 948. The van der Waals surface area contributed by atoms with Gasteiger partial charge in [0, 0.05) is 12.1 Å². The molecule has 1 aromatic heterocycles. The van der Waals surface area contributed by atoms with Gasteiger partial charge in [-0.25, -0.2) is 12.8 Å². The van der Waals surface area contributed by atoms with Crippen molar-refractivity contribution in [3.8, 4) is 0 Å². The first-order valence-corrected chi connectivity index (χ1v) is 11.7. The second-order valence-electron chi connectivity index (χ2n) is 7.33. The minimum Gasteiger partial charge on any atom is -0.345 e. The Labute approximate surface area is 169 Å². The fourth-order valence-electron chi connectivity index (χ4n) is 3.77. The van der Waals surface area contributed by atoms with Crippen LogP contribution < -0.4 is 5.32 Å². The summed E-state index contributed by atoms with van der Waals surface area (Å²) in [5, 5.41) is 4.40. The van der Waals surface area contributed by atoms with Crippen molar-refractivity contribution >= 4 is 27.3 Å². The molecule has 1 aliphatic heterocycles. The van der Waals surface area contributed by atoms with E-state index in [1.165, 1.54) is 22.5 Å². The van der Waals surface area contributed by atoms with Gasteiger partial charge < -0.3 is 5.32 Å². The molecule has 0 saturated carbocycles. The Kier molecular flexibility index (Phi) is 6.21. The Morgan fingerprint density at radius 1 is 1.25 bits per heavy atom. The summed E-state index contributed by atoms with van der Waals surface area (Å²) in [4.78, 5) is 13.0. The van der Waals surface area contributed by atoms with Gasteiger partial charge in [-0.2, -0.15) is 4.31 Å². The van der Waals surface area contributed by atoms with Crippen molar-refractivity contribution in [2.45, 2.75) is 63.1 Å². The van der Waals surface area contributed by atoms with Crippen molar-refractivity contribution < 1.29 is 17.6 Å². The van der Waals surface area contributed by atoms with Crippen LogP contribution in [-0.4, -0.2) is 30.7 Å². The van der Waals surface area contributed by atoms with Crippen molar-refractivity contribution in [2.24, 2.45) is 0 Å². The first-order chi connectivity index (χ1) is 13.2. The summed E-state index contributed by atoms with van der Waals surface area (Å²) < 4.78 is 41.6. The number of amides is 1. The highest BCUT2D eigenvalue weighted by Gasteiger charge is 2.38. The lowest BCUT2D eigenvalue weighted by Crippen LogP contribution is -2.47. The number of sulfonamides is 1. The predicted octanol–water partition coefficient (Wildman–Crippen LogP) is 4.33. The Balaban J connectivity index is 1.85. The third-order valence-corrected chi connectivity index (χ3v) is 8.41. The highest BCUT2D eigenvalue weighted by atomic mass is 32.2. The molecule has 1 saturated heterocycles. The molecule has 5 nitrogen and oxygen atoms in total. The molecule has 28 heavy (non-hydrogen) atoms. The molecular formula is C20H25FN2O3S2. The van der Waals surface area contributed by atoms with Gasteiger partial charge in [-0.05, 0) is 62.8 Å². The fourth-order valence-corrected chi connectivity index (χ4v) is 6.96. The van der Waals surface area contributed by atoms with E-state index in [4.69, 9.17) is 0 Å². The summed E-state index contributed by atoms with van der Waals surface area (Å²) in [6, 6.07) is 6.83. The molecule has 1 N–H and O–H groups in total. The van der Waals surface area contributed by atoms with E-state index < -0.39 is 22.0 Å². The van der Waals surface area contributed by atoms with Gasteiger partial charge in [0.1, 0.15) is 15.6 Å². The fraction of sp³-hybridized carbons (Fsp3) is 0.450. The third-order valence-electron chi connectivity index (χ3n) is 5.20. The van der Waals surface area contributed by atoms with Crippen molar-refractivity contribution in [1.29, 1.82) is 0 Å². The van der Waals surface area contributed by atoms with Gasteiger partial charge in [0.2, 0.25) is 10.0 Å². The number of benzene rings is 1. The molecule has 2 heterocycles. The predicted molar refractivity (Wildman–Crippen MR) is 108 cm³/mol. The van der Waals surface area contributed by atoms with Crippen LogP contribution in [0.3, 0.4) is 0 Å². The number of carbonyl (C=O) groups is 1. The maximum atomic E-state index is 13.4. The van der Waals surface area contributed by atoms with E-state index in [0.29, 0.717) is 5.56 Å². The molecule has 1 amide bonds. The van der Waals surface area contributed by atoms with E-state index >= 15 is 0 Å². The van der Waals surface area contributed by atoms with Crippen molar-refractivity contribution in [2.75, 3.05) is 0 Å². The zero-order chi connectivity index (χ0) is 20.5. The van der Waals surface area contributed by atoms with E-state index in [1.54, 1.807) is 24.4 Å². The molecule has 3 atom stereocenters. The van der Waals surface area contributed by atoms with E-state index in [2.05, 4.69) is 5.32 Å². The Hall–Kier alpha value is -1.77. The highest BCUT2D eigenvalue weighted by molar-refractivity contribution is 7.89. The summed E-state index contributed by atoms with van der Waals surface area (Å²) in [5.74, 6) is -0.853. The smallest absolute Gasteiger partial charge is 0.263 e. The molecule has 0 spiro atoms. The number of halogens is 1. The van der Waals surface area contributed by atoms with E-state index in [1.807, 2.05) is 13.8 Å². The third kappa shape index (κ3) is 4.14. The van der Waals surface area contributed by atoms with Gasteiger partial charge in [-0.1, -0.05) is 18.6 Å². The number of piperidine rings is 1. The van der Waals surface area contributed by atoms with Crippen molar-refractivity contribution in [3.63, 3.8) is 0 Å². The van der Waals surface area contributed by atoms with E-state index in [-0.39, 0.29) is 27.7 Å². The highest BCUT2D eigenvalue weighted by Crippen LogP contribution is 2.33. The normalized spacial score (nSPS) is 22.0. The second-order valence-corrected chi connectivity index (χ2v) is 10.1. The average Bonchev–Trinajstić information content (AvgIpc) is 3.12. The largest absolute Gasteiger partial charge is 0.345 e. The zero-order valence-electron chi connectivity index (χ0n) is 16.2. The molecule has 152 valence electrons. The van der Waals surface area contributed by atoms with Gasteiger partial charge >= 0.3 is 0 Å². The summed E-state index contributed by atoms with van der Waals surface area (Å²) >= 11 is 1.10. The van der Waals surface area contributed by atoms with Crippen LogP contribution in [0.15, 0.2) is 40.6 Å². The van der Waals surface area contributed by atoms with Crippen molar-refractivity contribution in [3.05, 3.63) is 52.0 Å². The lowest BCUT2D eigenvalue weighted by atomic mass is 10.0. The van der Waals surface area contributed by atoms with Crippen LogP contribution in [-0.2, 0) is 10.0 Å². The van der Waals surface area contributed by atoms with Gasteiger partial charge in [-0.15, -0.1) is 11.3 Å². The molecule has 1 fully saturated rings. The van der Waals surface area contributed by atoms with Crippen LogP contribution >= 0.6 is 11.3 Å². The molecule has 0 radical (unpaired) electrons. The van der Waals surface area contributed by atoms with Gasteiger partial charge in [0.25, 0.3) is 5.91 Å². The van der Waals surface area contributed by atoms with Gasteiger partial charge in [0.05, 0.1) is 6.04 Å². The number of nitrogens with one attached hydrogen (secondary N) is 1. The van der Waals surface area contributed by atoms with Crippen molar-refractivity contribution in [1.82, 2.24) is 9.62 Å². The van der Waals surface area contributed by atoms with Crippen LogP contribution in [0.1, 0.15) is 61.3 Å². The maximum Gasteiger partial charge on any atom is 0.263 e. The van der Waals surface area contributed by atoms with Gasteiger partial charge in [-0.3, -0.25) is 4.79 Å². The van der Waals surface area contributed by atoms with Gasteiger partial charge in [0.15, 0.2) is 0 Å². The summed E-state index contributed by atoms with van der Waals surface area (Å²) in [6.07, 6.45) is 2.62. The average molecular weight is 425 g/mol. The number of rotatable bonds is 5. The number of hydrogen-bond acceptors (Lipinski definition) is 4. The molecule has 0 unspecified atom stereocenters. The number of thiophene rings is 1. The molecule has 0 bridgehead atoms. The standard InChI is InChI=1S/C20H25FN2O3S2/c1-13-6-4-7-14(2)23(13)28(25,26)18-10-11-27-19(18)20(24)22-15(3)16-8-5-9-17(21)12-16/h5,8-15H,4,6-7H2,1-3H3,(H,22,24)/t13-,14-,15-/m0/s1. The zero-order valence-corrected chi connectivity index (χ0v) is 17.8. The molecular weight excluding hydrogens is 399 g/mol. The van der Waals surface area contributed by atoms with E-state index in [9.17, 15) is 17.6 Å². The summed E-state index contributed by atoms with van der Waals surface area (Å²) in [6.45, 7) is 5.56. The van der Waals surface area contributed by atoms with Crippen LogP contribution in [0.2, 0.25) is 0 Å². The lowest BCUT2D eigenvalue weighted by molar-refractivity contribution is 0.0940. The minimum atomic E-state index is -3.78. The SMILES string of the molecule is C[C@H](NC(=O)c1sccc1S(=O)(=O)N1[C@@H](C)CCC[C@@H]1C)c1cccc(F)c1. The first kappa shape index (κ1) is 21.0. The van der Waals surface area contributed by atoms with Crippen LogP contribution in [0, 0.1) is 5.82 Å². The maximum absolute atomic E-state index is 13.4. The molecule has 2 aromatic rings. The van der Waals surface area contributed by atoms with E-state index in [0.717, 1.165) is 30.6 Å².